The van der Waals surface area contributed by atoms with Gasteiger partial charge >= 0.3 is 0 Å². The fraction of sp³-hybridized carbons (Fsp3) is 0.333. The monoisotopic (exact) mass is 303 g/mol. The molecule has 1 atom stereocenters. The third kappa shape index (κ3) is 3.40. The van der Waals surface area contributed by atoms with Gasteiger partial charge in [0.05, 0.1) is 12.2 Å². The lowest BCUT2D eigenvalue weighted by atomic mass is 10.2. The maximum Gasteiger partial charge on any atom is 0.248 e. The molecule has 1 aromatic heterocycles. The highest BCUT2D eigenvalue weighted by Gasteiger charge is 2.20. The van der Waals surface area contributed by atoms with Crippen molar-refractivity contribution in [1.29, 1.82) is 0 Å². The maximum atomic E-state index is 11.0. The summed E-state index contributed by atoms with van der Waals surface area (Å²) < 4.78 is 5.63. The number of hydrogen-bond donors (Lipinski definition) is 2. The molecule has 0 aliphatic carbocycles. The molecule has 21 heavy (non-hydrogen) atoms. The van der Waals surface area contributed by atoms with Crippen molar-refractivity contribution in [2.24, 2.45) is 5.73 Å². The smallest absolute Gasteiger partial charge is 0.248 e. The Morgan fingerprint density at radius 3 is 2.90 bits per heavy atom. The first-order chi connectivity index (χ1) is 10.2. The first-order valence-electron chi connectivity index (χ1n) is 6.92. The highest BCUT2D eigenvalue weighted by atomic mass is 32.1. The van der Waals surface area contributed by atoms with Gasteiger partial charge in [-0.3, -0.25) is 4.79 Å². The van der Waals surface area contributed by atoms with Gasteiger partial charge in [0, 0.05) is 23.2 Å². The Morgan fingerprint density at radius 1 is 1.43 bits per heavy atom. The van der Waals surface area contributed by atoms with Crippen molar-refractivity contribution in [3.8, 4) is 0 Å². The Hall–Kier alpha value is -1.92. The van der Waals surface area contributed by atoms with E-state index in [1.807, 2.05) is 12.1 Å². The zero-order valence-electron chi connectivity index (χ0n) is 11.5. The summed E-state index contributed by atoms with van der Waals surface area (Å²) >= 11 is 1.65. The molecule has 2 aromatic rings. The van der Waals surface area contributed by atoms with E-state index in [-0.39, 0.29) is 6.10 Å². The molecule has 1 unspecified atom stereocenters. The van der Waals surface area contributed by atoms with Crippen LogP contribution in [0.5, 0.6) is 0 Å². The first kappa shape index (κ1) is 14.0. The van der Waals surface area contributed by atoms with E-state index in [9.17, 15) is 4.79 Å². The van der Waals surface area contributed by atoms with Gasteiger partial charge in [0.15, 0.2) is 0 Å². The Labute approximate surface area is 127 Å². The van der Waals surface area contributed by atoms with Crippen molar-refractivity contribution >= 4 is 22.9 Å². The number of thiazole rings is 1. The van der Waals surface area contributed by atoms with Crippen LogP contribution in [0, 0.1) is 0 Å². The lowest BCUT2D eigenvalue weighted by Gasteiger charge is -2.06. The van der Waals surface area contributed by atoms with Gasteiger partial charge in [-0.05, 0) is 37.1 Å². The number of anilines is 1. The summed E-state index contributed by atoms with van der Waals surface area (Å²) in [6, 6.07) is 7.11. The predicted molar refractivity (Wildman–Crippen MR) is 82.3 cm³/mol. The molecule has 5 nitrogen and oxygen atoms in total. The third-order valence-electron chi connectivity index (χ3n) is 3.42. The molecule has 0 bridgehead atoms. The maximum absolute atomic E-state index is 11.0. The SMILES string of the molecule is NC(=O)c1ccc(NCc2csc(C3CCCO3)n2)cc1. The molecule has 1 aliphatic rings. The van der Waals surface area contributed by atoms with Gasteiger partial charge in [0.25, 0.3) is 0 Å². The number of nitrogens with one attached hydrogen (secondary N) is 1. The van der Waals surface area contributed by atoms with Crippen molar-refractivity contribution in [3.63, 3.8) is 0 Å². The van der Waals surface area contributed by atoms with Crippen LogP contribution in [0.15, 0.2) is 29.6 Å². The number of aromatic nitrogens is 1. The van der Waals surface area contributed by atoms with Crippen LogP contribution in [0.1, 0.15) is 40.0 Å². The molecule has 3 rings (SSSR count). The van der Waals surface area contributed by atoms with E-state index >= 15 is 0 Å². The number of nitrogens with zero attached hydrogens (tertiary/aromatic N) is 1. The Kier molecular flexibility index (Phi) is 4.17. The van der Waals surface area contributed by atoms with E-state index in [4.69, 9.17) is 10.5 Å². The molecule has 3 N–H and O–H groups in total. The molecule has 110 valence electrons. The van der Waals surface area contributed by atoms with Crippen molar-refractivity contribution in [3.05, 3.63) is 45.9 Å². The molecule has 1 fully saturated rings. The fourth-order valence-electron chi connectivity index (χ4n) is 2.27. The zero-order valence-corrected chi connectivity index (χ0v) is 12.4. The van der Waals surface area contributed by atoms with Gasteiger partial charge in [0.1, 0.15) is 11.1 Å². The number of hydrogen-bond acceptors (Lipinski definition) is 5. The van der Waals surface area contributed by atoms with E-state index in [1.165, 1.54) is 0 Å². The van der Waals surface area contributed by atoms with Crippen LogP contribution in [-0.2, 0) is 11.3 Å². The lowest BCUT2D eigenvalue weighted by Crippen LogP contribution is -2.10. The molecular formula is C15H17N3O2S. The van der Waals surface area contributed by atoms with E-state index in [1.54, 1.807) is 23.5 Å². The minimum Gasteiger partial charge on any atom is -0.379 e. The van der Waals surface area contributed by atoms with Crippen LogP contribution in [0.4, 0.5) is 5.69 Å². The summed E-state index contributed by atoms with van der Waals surface area (Å²) in [5.74, 6) is -0.415. The average molecular weight is 303 g/mol. The molecule has 1 saturated heterocycles. The summed E-state index contributed by atoms with van der Waals surface area (Å²) in [4.78, 5) is 15.6. The van der Waals surface area contributed by atoms with Crippen LogP contribution in [0.3, 0.4) is 0 Å². The zero-order chi connectivity index (χ0) is 14.7. The molecule has 0 radical (unpaired) electrons. The Morgan fingerprint density at radius 2 is 2.24 bits per heavy atom. The largest absolute Gasteiger partial charge is 0.379 e. The average Bonchev–Trinajstić information content (AvgIpc) is 3.16. The number of primary amides is 1. The number of amides is 1. The van der Waals surface area contributed by atoms with Crippen LogP contribution in [0.25, 0.3) is 0 Å². The molecule has 1 aliphatic heterocycles. The minimum absolute atomic E-state index is 0.179. The number of benzene rings is 1. The predicted octanol–water partition coefficient (Wildman–Crippen LogP) is 2.71. The van der Waals surface area contributed by atoms with Crippen molar-refractivity contribution < 1.29 is 9.53 Å². The van der Waals surface area contributed by atoms with E-state index in [0.29, 0.717) is 12.1 Å². The van der Waals surface area contributed by atoms with Crippen molar-refractivity contribution in [2.75, 3.05) is 11.9 Å². The van der Waals surface area contributed by atoms with Crippen LogP contribution in [0.2, 0.25) is 0 Å². The number of carbonyl (C=O) groups excluding carboxylic acids is 1. The summed E-state index contributed by atoms with van der Waals surface area (Å²) in [5, 5.41) is 6.40. The summed E-state index contributed by atoms with van der Waals surface area (Å²) in [6.07, 6.45) is 2.36. The molecule has 6 heteroatoms. The first-order valence-corrected chi connectivity index (χ1v) is 7.80. The lowest BCUT2D eigenvalue weighted by molar-refractivity contribution is 0.100. The summed E-state index contributed by atoms with van der Waals surface area (Å²) in [7, 11) is 0. The number of nitrogens with two attached hydrogens (primary N) is 1. The minimum atomic E-state index is -0.415. The second kappa shape index (κ2) is 6.24. The van der Waals surface area contributed by atoms with Gasteiger partial charge in [-0.15, -0.1) is 11.3 Å². The van der Waals surface area contributed by atoms with Crippen molar-refractivity contribution in [2.45, 2.75) is 25.5 Å². The van der Waals surface area contributed by atoms with E-state index in [2.05, 4.69) is 15.7 Å². The second-order valence-corrected chi connectivity index (χ2v) is 5.86. The molecule has 1 amide bonds. The molecule has 1 aromatic carbocycles. The number of carbonyl (C=O) groups is 1. The van der Waals surface area contributed by atoms with Gasteiger partial charge in [-0.25, -0.2) is 4.98 Å². The molecule has 0 saturated carbocycles. The highest BCUT2D eigenvalue weighted by molar-refractivity contribution is 7.09. The summed E-state index contributed by atoms with van der Waals surface area (Å²) in [6.45, 7) is 1.49. The normalized spacial score (nSPS) is 17.8. The van der Waals surface area contributed by atoms with Crippen LogP contribution >= 0.6 is 11.3 Å². The second-order valence-electron chi connectivity index (χ2n) is 4.97. The van der Waals surface area contributed by atoms with Crippen molar-refractivity contribution in [1.82, 2.24) is 4.98 Å². The van der Waals surface area contributed by atoms with Gasteiger partial charge in [0.2, 0.25) is 5.91 Å². The van der Waals surface area contributed by atoms with E-state index < -0.39 is 5.91 Å². The van der Waals surface area contributed by atoms with E-state index in [0.717, 1.165) is 35.8 Å². The third-order valence-corrected chi connectivity index (χ3v) is 4.40. The Bertz CT molecular complexity index is 618. The Balaban J connectivity index is 1.58. The summed E-state index contributed by atoms with van der Waals surface area (Å²) in [5.41, 5.74) is 7.66. The van der Waals surface area contributed by atoms with Crippen LogP contribution in [-0.4, -0.2) is 17.5 Å². The standard InChI is InChI=1S/C15H17N3O2S/c16-14(19)10-3-5-11(6-4-10)17-8-12-9-21-15(18-12)13-2-1-7-20-13/h3-6,9,13,17H,1-2,7-8H2,(H2,16,19). The molecular weight excluding hydrogens is 286 g/mol. The van der Waals surface area contributed by atoms with Gasteiger partial charge in [-0.1, -0.05) is 0 Å². The van der Waals surface area contributed by atoms with Crippen LogP contribution < -0.4 is 11.1 Å². The van der Waals surface area contributed by atoms with Gasteiger partial charge < -0.3 is 15.8 Å². The number of ether oxygens (including phenoxy) is 1. The molecule has 0 spiro atoms. The quantitative estimate of drug-likeness (QED) is 0.890. The fourth-order valence-corrected chi connectivity index (χ4v) is 3.17. The highest BCUT2D eigenvalue weighted by Crippen LogP contribution is 2.30. The topological polar surface area (TPSA) is 77.2 Å². The number of rotatable bonds is 5. The van der Waals surface area contributed by atoms with Gasteiger partial charge in [-0.2, -0.15) is 0 Å². The molecule has 2 heterocycles.